The van der Waals surface area contributed by atoms with Crippen molar-refractivity contribution in [2.75, 3.05) is 13.2 Å². The van der Waals surface area contributed by atoms with Crippen LogP contribution < -0.4 is 10.1 Å². The molecular formula is C16H19NO4. The first kappa shape index (κ1) is 15.1. The molecule has 0 saturated heterocycles. The number of carbonyl (C=O) groups is 1. The Balaban J connectivity index is 1.93. The molecule has 0 bridgehead atoms. The van der Waals surface area contributed by atoms with Crippen LogP contribution in [0.25, 0.3) is 0 Å². The summed E-state index contributed by atoms with van der Waals surface area (Å²) in [5.74, 6) is 1.20. The molecule has 2 N–H and O–H groups in total. The molecule has 0 spiro atoms. The number of rotatable bonds is 6. The number of benzene rings is 1. The molecule has 2 rings (SSSR count). The van der Waals surface area contributed by atoms with Crippen molar-refractivity contribution in [2.24, 2.45) is 0 Å². The molecule has 0 fully saturated rings. The molecule has 5 heteroatoms. The Bertz CT molecular complexity index is 618. The topological polar surface area (TPSA) is 71.7 Å². The van der Waals surface area contributed by atoms with E-state index in [-0.39, 0.29) is 31.4 Å². The first-order valence-electron chi connectivity index (χ1n) is 6.78. The molecule has 1 amide bonds. The number of hydrogen-bond acceptors (Lipinski definition) is 4. The Morgan fingerprint density at radius 2 is 2.05 bits per heavy atom. The van der Waals surface area contributed by atoms with Gasteiger partial charge in [-0.3, -0.25) is 4.79 Å². The zero-order chi connectivity index (χ0) is 15.2. The van der Waals surface area contributed by atoms with E-state index in [9.17, 15) is 4.79 Å². The molecule has 0 aliphatic carbocycles. The average Bonchev–Trinajstić information content (AvgIpc) is 2.95. The number of aryl methyl sites for hydroxylation is 2. The highest BCUT2D eigenvalue weighted by Crippen LogP contribution is 2.18. The van der Waals surface area contributed by atoms with Crippen LogP contribution in [-0.4, -0.2) is 24.2 Å². The van der Waals surface area contributed by atoms with E-state index in [0.29, 0.717) is 5.76 Å². The zero-order valence-electron chi connectivity index (χ0n) is 12.2. The third-order valence-electron chi connectivity index (χ3n) is 3.14. The minimum absolute atomic E-state index is 0.102. The second-order valence-electron chi connectivity index (χ2n) is 4.78. The van der Waals surface area contributed by atoms with Crippen molar-refractivity contribution in [3.63, 3.8) is 0 Å². The highest BCUT2D eigenvalue weighted by molar-refractivity contribution is 5.91. The Hall–Kier alpha value is -2.27. The Kier molecular flexibility index (Phi) is 5.00. The molecule has 0 aliphatic heterocycles. The van der Waals surface area contributed by atoms with Crippen LogP contribution in [0.4, 0.5) is 0 Å². The molecule has 0 atom stereocenters. The lowest BCUT2D eigenvalue weighted by molar-refractivity contribution is 0.0913. The van der Waals surface area contributed by atoms with Gasteiger partial charge in [-0.15, -0.1) is 0 Å². The summed E-state index contributed by atoms with van der Waals surface area (Å²) >= 11 is 0. The maximum absolute atomic E-state index is 11.6. The van der Waals surface area contributed by atoms with Crippen LogP contribution in [0.15, 0.2) is 34.7 Å². The second-order valence-corrected chi connectivity index (χ2v) is 4.78. The molecule has 0 unspecified atom stereocenters. The van der Waals surface area contributed by atoms with Crippen molar-refractivity contribution in [2.45, 2.75) is 20.5 Å². The van der Waals surface area contributed by atoms with Gasteiger partial charge in [0.1, 0.15) is 18.1 Å². The Morgan fingerprint density at radius 3 is 2.76 bits per heavy atom. The highest BCUT2D eigenvalue weighted by atomic mass is 16.5. The molecule has 21 heavy (non-hydrogen) atoms. The third-order valence-corrected chi connectivity index (χ3v) is 3.14. The van der Waals surface area contributed by atoms with Gasteiger partial charge in [0.2, 0.25) is 0 Å². The quantitative estimate of drug-likeness (QED) is 0.855. The summed E-state index contributed by atoms with van der Waals surface area (Å²) in [5, 5.41) is 11.2. The third kappa shape index (κ3) is 4.10. The molecule has 1 aromatic carbocycles. The van der Waals surface area contributed by atoms with E-state index in [4.69, 9.17) is 14.3 Å². The number of amides is 1. The Morgan fingerprint density at radius 1 is 1.24 bits per heavy atom. The van der Waals surface area contributed by atoms with Gasteiger partial charge in [0.05, 0.1) is 6.61 Å². The van der Waals surface area contributed by atoms with Gasteiger partial charge in [-0.2, -0.15) is 0 Å². The van der Waals surface area contributed by atoms with Crippen molar-refractivity contribution >= 4 is 5.91 Å². The fraction of sp³-hybridized carbons (Fsp3) is 0.312. The van der Waals surface area contributed by atoms with Gasteiger partial charge in [-0.25, -0.2) is 0 Å². The number of hydrogen-bond donors (Lipinski definition) is 2. The van der Waals surface area contributed by atoms with Gasteiger partial charge in [0.15, 0.2) is 5.76 Å². The van der Waals surface area contributed by atoms with Crippen molar-refractivity contribution in [3.8, 4) is 5.75 Å². The van der Waals surface area contributed by atoms with Gasteiger partial charge in [0.25, 0.3) is 5.91 Å². The summed E-state index contributed by atoms with van der Waals surface area (Å²) in [6.45, 7) is 4.43. The lowest BCUT2D eigenvalue weighted by Gasteiger charge is -2.06. The highest BCUT2D eigenvalue weighted by Gasteiger charge is 2.10. The average molecular weight is 289 g/mol. The number of ether oxygens (including phenoxy) is 1. The zero-order valence-corrected chi connectivity index (χ0v) is 12.2. The molecule has 0 aliphatic rings. The van der Waals surface area contributed by atoms with Gasteiger partial charge < -0.3 is 19.6 Å². The number of aliphatic hydroxyl groups excluding tert-OH is 1. The van der Waals surface area contributed by atoms with Crippen LogP contribution >= 0.6 is 0 Å². The van der Waals surface area contributed by atoms with E-state index in [0.717, 1.165) is 11.3 Å². The normalized spacial score (nSPS) is 10.4. The number of carbonyl (C=O) groups excluding carboxylic acids is 1. The molecule has 1 aromatic heterocycles. The standard InChI is InChI=1S/C16H19NO4/c1-11-3-4-13(9-12(11)2)20-10-14-5-6-15(21-14)16(19)17-7-8-18/h3-6,9,18H,7-8,10H2,1-2H3,(H,17,19). The summed E-state index contributed by atoms with van der Waals surface area (Å²) in [4.78, 5) is 11.6. The summed E-state index contributed by atoms with van der Waals surface area (Å²) < 4.78 is 11.0. The second kappa shape index (κ2) is 6.95. The van der Waals surface area contributed by atoms with Crippen molar-refractivity contribution in [1.29, 1.82) is 0 Å². The van der Waals surface area contributed by atoms with Gasteiger partial charge in [-0.05, 0) is 49.2 Å². The summed E-state index contributed by atoms with van der Waals surface area (Å²) in [5.41, 5.74) is 2.37. The van der Waals surface area contributed by atoms with Crippen LogP contribution in [0.1, 0.15) is 27.4 Å². The number of furan rings is 1. The van der Waals surface area contributed by atoms with Crippen LogP contribution in [-0.2, 0) is 6.61 Å². The van der Waals surface area contributed by atoms with E-state index in [1.165, 1.54) is 5.56 Å². The first-order chi connectivity index (χ1) is 10.1. The van der Waals surface area contributed by atoms with Crippen molar-refractivity contribution in [1.82, 2.24) is 5.32 Å². The fourth-order valence-corrected chi connectivity index (χ4v) is 1.79. The molecule has 5 nitrogen and oxygen atoms in total. The molecule has 112 valence electrons. The number of nitrogens with one attached hydrogen (secondary N) is 1. The Labute approximate surface area is 123 Å². The SMILES string of the molecule is Cc1ccc(OCc2ccc(C(=O)NCCO)o2)cc1C. The van der Waals surface area contributed by atoms with Crippen molar-refractivity contribution in [3.05, 3.63) is 53.0 Å². The first-order valence-corrected chi connectivity index (χ1v) is 6.78. The van der Waals surface area contributed by atoms with Crippen LogP contribution in [0, 0.1) is 13.8 Å². The molecule has 0 saturated carbocycles. The van der Waals surface area contributed by atoms with Crippen LogP contribution in [0.2, 0.25) is 0 Å². The molecule has 1 heterocycles. The van der Waals surface area contributed by atoms with Gasteiger partial charge >= 0.3 is 0 Å². The predicted molar refractivity (Wildman–Crippen MR) is 78.4 cm³/mol. The maximum Gasteiger partial charge on any atom is 0.287 e. The van der Waals surface area contributed by atoms with E-state index in [2.05, 4.69) is 5.32 Å². The van der Waals surface area contributed by atoms with E-state index in [1.807, 2.05) is 32.0 Å². The molecular weight excluding hydrogens is 270 g/mol. The maximum atomic E-state index is 11.6. The van der Waals surface area contributed by atoms with Gasteiger partial charge in [-0.1, -0.05) is 6.07 Å². The molecule has 2 aromatic rings. The largest absolute Gasteiger partial charge is 0.486 e. The summed E-state index contributed by atoms with van der Waals surface area (Å²) in [7, 11) is 0. The minimum atomic E-state index is -0.346. The van der Waals surface area contributed by atoms with Crippen LogP contribution in [0.3, 0.4) is 0 Å². The van der Waals surface area contributed by atoms with E-state index in [1.54, 1.807) is 12.1 Å². The van der Waals surface area contributed by atoms with Crippen LogP contribution in [0.5, 0.6) is 5.75 Å². The lowest BCUT2D eigenvalue weighted by atomic mass is 10.1. The van der Waals surface area contributed by atoms with E-state index < -0.39 is 0 Å². The number of aliphatic hydroxyl groups is 1. The predicted octanol–water partition coefficient (Wildman–Crippen LogP) is 2.20. The van der Waals surface area contributed by atoms with E-state index >= 15 is 0 Å². The lowest BCUT2D eigenvalue weighted by Crippen LogP contribution is -2.25. The monoisotopic (exact) mass is 289 g/mol. The van der Waals surface area contributed by atoms with Gasteiger partial charge in [0, 0.05) is 6.54 Å². The summed E-state index contributed by atoms with van der Waals surface area (Å²) in [6.07, 6.45) is 0. The summed E-state index contributed by atoms with van der Waals surface area (Å²) in [6, 6.07) is 9.16. The molecule has 0 radical (unpaired) electrons. The smallest absolute Gasteiger partial charge is 0.287 e. The van der Waals surface area contributed by atoms with Crippen molar-refractivity contribution < 1.29 is 19.1 Å². The minimum Gasteiger partial charge on any atom is -0.486 e. The fourth-order valence-electron chi connectivity index (χ4n) is 1.79.